The van der Waals surface area contributed by atoms with Crippen molar-refractivity contribution in [2.75, 3.05) is 6.61 Å². The molecule has 4 nitrogen and oxygen atoms in total. The number of allylic oxidation sites excluding steroid dienone is 2. The van der Waals surface area contributed by atoms with Crippen LogP contribution in [0.3, 0.4) is 0 Å². The summed E-state index contributed by atoms with van der Waals surface area (Å²) in [5.74, 6) is -0.689. The highest BCUT2D eigenvalue weighted by Gasteiger charge is 2.20. The van der Waals surface area contributed by atoms with Crippen LogP contribution in [0.1, 0.15) is 63.4 Å². The van der Waals surface area contributed by atoms with Crippen LogP contribution in [0.2, 0.25) is 0 Å². The molecule has 178 valence electrons. The number of nitrogens with one attached hydrogen (secondary N) is 1. The zero-order valence-corrected chi connectivity index (χ0v) is 21.2. The van der Waals surface area contributed by atoms with Crippen molar-refractivity contribution in [3.63, 3.8) is 0 Å². The molecule has 0 bridgehead atoms. The molecule has 1 aromatic carbocycles. The molecule has 1 heterocycles. The number of aromatic nitrogens is 1. The van der Waals surface area contributed by atoms with Crippen LogP contribution >= 0.6 is 11.8 Å². The fourth-order valence-corrected chi connectivity index (χ4v) is 3.56. The summed E-state index contributed by atoms with van der Waals surface area (Å²) in [7, 11) is 0. The van der Waals surface area contributed by atoms with Gasteiger partial charge >= 0.3 is 0 Å². The fourth-order valence-electron chi connectivity index (χ4n) is 2.82. The van der Waals surface area contributed by atoms with Gasteiger partial charge in [-0.3, -0.25) is 10.7 Å². The zero-order valence-electron chi connectivity index (χ0n) is 20.4. The van der Waals surface area contributed by atoms with Crippen LogP contribution < -0.4 is 15.8 Å². The van der Waals surface area contributed by atoms with Gasteiger partial charge in [0.2, 0.25) is 0 Å². The third-order valence-corrected chi connectivity index (χ3v) is 6.37. The number of halogens is 1. The number of alkyl halides is 1. The lowest BCUT2D eigenvalue weighted by molar-refractivity contribution is 0.196. The second kappa shape index (κ2) is 12.1. The first kappa shape index (κ1) is 26.7. The maximum atomic E-state index is 13.8. The van der Waals surface area contributed by atoms with Crippen molar-refractivity contribution >= 4 is 22.4 Å². The molecule has 33 heavy (non-hydrogen) atoms. The summed E-state index contributed by atoms with van der Waals surface area (Å²) in [5.41, 5.74) is 9.24. The minimum Gasteiger partial charge on any atom is -0.493 e. The van der Waals surface area contributed by atoms with Gasteiger partial charge in [0.15, 0.2) is 5.79 Å². The van der Waals surface area contributed by atoms with Crippen molar-refractivity contribution < 1.29 is 9.13 Å². The first-order valence-electron chi connectivity index (χ1n) is 11.2. The maximum absolute atomic E-state index is 13.8. The summed E-state index contributed by atoms with van der Waals surface area (Å²) >= 11 is 1.64. The van der Waals surface area contributed by atoms with E-state index in [0.29, 0.717) is 19.1 Å². The summed E-state index contributed by atoms with van der Waals surface area (Å²) in [6, 6.07) is 9.50. The molecule has 0 aliphatic rings. The second-order valence-electron chi connectivity index (χ2n) is 8.45. The Balaban J connectivity index is 2.20. The van der Waals surface area contributed by atoms with Crippen LogP contribution in [0, 0.1) is 5.92 Å². The first-order chi connectivity index (χ1) is 15.5. The number of pyridine rings is 1. The van der Waals surface area contributed by atoms with Crippen molar-refractivity contribution in [3.8, 4) is 5.75 Å². The van der Waals surface area contributed by atoms with Crippen molar-refractivity contribution in [2.45, 2.75) is 53.4 Å². The molecule has 0 spiro atoms. The summed E-state index contributed by atoms with van der Waals surface area (Å²) in [4.78, 5) is 6.26. The van der Waals surface area contributed by atoms with Crippen LogP contribution in [0.15, 0.2) is 60.7 Å². The molecule has 2 rings (SSSR count). The average molecular weight is 470 g/mol. The summed E-state index contributed by atoms with van der Waals surface area (Å²) in [5, 5.41) is 3.33. The van der Waals surface area contributed by atoms with Crippen molar-refractivity contribution in [1.82, 2.24) is 10.3 Å². The number of benzene rings is 1. The van der Waals surface area contributed by atoms with E-state index in [1.807, 2.05) is 25.1 Å². The van der Waals surface area contributed by atoms with Gasteiger partial charge in [-0.15, -0.1) is 0 Å². The van der Waals surface area contributed by atoms with Gasteiger partial charge in [0.25, 0.3) is 0 Å². The van der Waals surface area contributed by atoms with Crippen molar-refractivity contribution in [3.05, 3.63) is 83.1 Å². The minimum absolute atomic E-state index is 0.202. The number of ether oxygens (including phenoxy) is 1. The van der Waals surface area contributed by atoms with Gasteiger partial charge in [0.1, 0.15) is 5.75 Å². The van der Waals surface area contributed by atoms with Crippen molar-refractivity contribution in [1.29, 1.82) is 0 Å². The highest BCUT2D eigenvalue weighted by molar-refractivity contribution is 8.11. The Morgan fingerprint density at radius 1 is 1.30 bits per heavy atom. The Hall–Kier alpha value is -2.57. The predicted molar refractivity (Wildman–Crippen MR) is 140 cm³/mol. The largest absolute Gasteiger partial charge is 0.493 e. The number of nitrogens with zero attached hydrogens (tertiary/aromatic N) is 1. The molecule has 0 saturated heterocycles. The van der Waals surface area contributed by atoms with Crippen LogP contribution in [0.5, 0.6) is 5.75 Å². The smallest absolute Gasteiger partial charge is 0.198 e. The number of hydrogen-bond donors (Lipinski definition) is 2. The molecular weight excluding hydrogens is 433 g/mol. The molecule has 0 amide bonds. The topological polar surface area (TPSA) is 60.2 Å². The molecule has 0 aliphatic carbocycles. The minimum atomic E-state index is -1.95. The van der Waals surface area contributed by atoms with E-state index >= 15 is 0 Å². The second-order valence-corrected chi connectivity index (χ2v) is 9.80. The Labute approximate surface area is 202 Å². The van der Waals surface area contributed by atoms with E-state index in [0.717, 1.165) is 39.5 Å². The van der Waals surface area contributed by atoms with Crippen molar-refractivity contribution in [2.24, 2.45) is 11.7 Å². The van der Waals surface area contributed by atoms with E-state index in [9.17, 15) is 4.39 Å². The molecule has 0 fully saturated rings. The first-order valence-corrected chi connectivity index (χ1v) is 12.0. The van der Waals surface area contributed by atoms with Gasteiger partial charge in [-0.05, 0) is 67.0 Å². The molecule has 6 heteroatoms. The number of hydrogen-bond acceptors (Lipinski definition) is 5. The lowest BCUT2D eigenvalue weighted by Gasteiger charge is -2.17. The molecule has 2 atom stereocenters. The quantitative estimate of drug-likeness (QED) is 0.328. The molecule has 0 aliphatic heterocycles. The summed E-state index contributed by atoms with van der Waals surface area (Å²) < 4.78 is 19.9. The van der Waals surface area contributed by atoms with E-state index in [1.165, 1.54) is 11.8 Å². The molecule has 1 unspecified atom stereocenters. The van der Waals surface area contributed by atoms with Gasteiger partial charge in [0, 0.05) is 28.9 Å². The highest BCUT2D eigenvalue weighted by Crippen LogP contribution is 2.35. The van der Waals surface area contributed by atoms with Crippen LogP contribution in [-0.4, -0.2) is 11.6 Å². The Morgan fingerprint density at radius 2 is 2.00 bits per heavy atom. The average Bonchev–Trinajstić information content (AvgIpc) is 2.80. The number of rotatable bonds is 12. The number of nitrogens with two attached hydrogens (primary N) is 1. The van der Waals surface area contributed by atoms with Crippen LogP contribution in [0.4, 0.5) is 4.39 Å². The monoisotopic (exact) mass is 469 g/mol. The third-order valence-electron chi connectivity index (χ3n) is 5.33. The lowest BCUT2D eigenvalue weighted by atomic mass is 10.1. The van der Waals surface area contributed by atoms with Gasteiger partial charge in [-0.25, -0.2) is 4.39 Å². The highest BCUT2D eigenvalue weighted by atomic mass is 32.2. The summed E-state index contributed by atoms with van der Waals surface area (Å²) in [6.07, 6.45) is 4.74. The van der Waals surface area contributed by atoms with Gasteiger partial charge in [-0.2, -0.15) is 0 Å². The summed E-state index contributed by atoms with van der Waals surface area (Å²) in [6.45, 7) is 19.3. The fraction of sp³-hybridized carbons (Fsp3) is 0.370. The third kappa shape index (κ3) is 8.37. The lowest BCUT2D eigenvalue weighted by Crippen LogP contribution is -2.28. The molecular formula is C27H36FN3OS. The standard InChI is InChI=1S/C27H36FN3OS/c1-8-18(3)17-32-25-13-23(12-24(14-25)21(6)33-19(4)9-2)20(5)30-15-22-10-11-26(31-16-22)27(7,28)29/h9-14,16,18,30H,5-6,8,15,17,29H2,1-4,7H3/b19-9-/t18-,27?/m1/s1. The van der Waals surface area contributed by atoms with E-state index in [1.54, 1.807) is 24.0 Å². The Kier molecular flexibility index (Phi) is 9.74. The maximum Gasteiger partial charge on any atom is 0.198 e. The SMILES string of the molecule is C=C(NCc1ccc(C(C)(N)F)nc1)c1cc(OC[C@H](C)CC)cc(C(=C)S/C(C)=C\C)c1. The van der Waals surface area contributed by atoms with Gasteiger partial charge in [-0.1, -0.05) is 57.3 Å². The molecule has 2 aromatic rings. The molecule has 0 radical (unpaired) electrons. The van der Waals surface area contributed by atoms with Crippen LogP contribution in [-0.2, 0) is 12.3 Å². The normalized spacial score (nSPS) is 14.3. The Morgan fingerprint density at radius 3 is 2.58 bits per heavy atom. The molecule has 3 N–H and O–H groups in total. The van der Waals surface area contributed by atoms with Gasteiger partial charge < -0.3 is 10.1 Å². The molecule has 0 saturated carbocycles. The number of thioether (sulfide) groups is 1. The van der Waals surface area contributed by atoms with E-state index in [4.69, 9.17) is 10.5 Å². The zero-order chi connectivity index (χ0) is 24.6. The van der Waals surface area contributed by atoms with Gasteiger partial charge in [0.05, 0.1) is 12.3 Å². The predicted octanol–water partition coefficient (Wildman–Crippen LogP) is 7.00. The molecule has 1 aromatic heterocycles. The van der Waals surface area contributed by atoms with E-state index < -0.39 is 5.79 Å². The van der Waals surface area contributed by atoms with Crippen LogP contribution in [0.25, 0.3) is 10.6 Å². The van der Waals surface area contributed by atoms with E-state index in [2.05, 4.69) is 56.4 Å². The van der Waals surface area contributed by atoms with E-state index in [-0.39, 0.29) is 5.69 Å². The Bertz CT molecular complexity index is 993.